The average molecular weight is 878 g/mol. The number of carboxylic acid groups (broad SMARTS) is 1. The number of carbonyl (C=O) groups excluding carboxylic acids is 6. The highest BCUT2D eigenvalue weighted by Gasteiger charge is 2.34. The van der Waals surface area contributed by atoms with Crippen LogP contribution in [0.2, 0.25) is 0 Å². The maximum Gasteiger partial charge on any atom is 0.335 e. The van der Waals surface area contributed by atoms with Gasteiger partial charge in [-0.25, -0.2) is 4.79 Å². The van der Waals surface area contributed by atoms with Gasteiger partial charge in [0, 0.05) is 47.3 Å². The first-order chi connectivity index (χ1) is 30.5. The van der Waals surface area contributed by atoms with E-state index in [-0.39, 0.29) is 74.4 Å². The van der Waals surface area contributed by atoms with Gasteiger partial charge in [-0.05, 0) is 97.9 Å². The first-order valence-corrected chi connectivity index (χ1v) is 18.8. The number of carbonyl (C=O) groups is 7. The van der Waals surface area contributed by atoms with Crippen LogP contribution in [0.3, 0.4) is 0 Å². The van der Waals surface area contributed by atoms with Crippen molar-refractivity contribution in [2.45, 2.75) is 19.1 Å². The summed E-state index contributed by atoms with van der Waals surface area (Å²) in [7, 11) is 2.40. The highest BCUT2D eigenvalue weighted by molar-refractivity contribution is 6.10. The number of nitro groups is 1. The lowest BCUT2D eigenvalue weighted by molar-refractivity contribution is -0.384. The normalized spacial score (nSPS) is 11.5. The van der Waals surface area contributed by atoms with E-state index in [1.165, 1.54) is 110 Å². The number of nitrogens with one attached hydrogen (secondary N) is 5. The van der Waals surface area contributed by atoms with Crippen molar-refractivity contribution in [2.24, 2.45) is 5.73 Å². The van der Waals surface area contributed by atoms with Crippen LogP contribution in [0.4, 0.5) is 28.4 Å². The summed E-state index contributed by atoms with van der Waals surface area (Å²) < 4.78 is 15.9. The van der Waals surface area contributed by atoms with E-state index in [0.717, 1.165) is 7.11 Å². The van der Waals surface area contributed by atoms with E-state index >= 15 is 0 Å². The Morgan fingerprint density at radius 1 is 0.688 bits per heavy atom. The maximum atomic E-state index is 13.5. The number of aromatic carboxylic acids is 1. The second kappa shape index (κ2) is 20.6. The molecule has 0 saturated carbocycles. The predicted octanol–water partition coefficient (Wildman–Crippen LogP) is 4.40. The van der Waals surface area contributed by atoms with E-state index in [4.69, 9.17) is 19.9 Å². The predicted molar refractivity (Wildman–Crippen MR) is 229 cm³/mol. The van der Waals surface area contributed by atoms with E-state index in [1.807, 2.05) is 0 Å². The van der Waals surface area contributed by atoms with E-state index in [0.29, 0.717) is 0 Å². The van der Waals surface area contributed by atoms with Crippen molar-refractivity contribution in [3.8, 4) is 17.2 Å². The number of amides is 6. The van der Waals surface area contributed by atoms with Gasteiger partial charge in [0.2, 0.25) is 11.8 Å². The zero-order valence-electron chi connectivity index (χ0n) is 34.0. The lowest BCUT2D eigenvalue weighted by Crippen LogP contribution is -2.56. The molecule has 0 unspecified atom stereocenters. The molecular formula is C43H39N7O14. The van der Waals surface area contributed by atoms with E-state index in [1.54, 1.807) is 6.92 Å². The lowest BCUT2D eigenvalue weighted by Gasteiger charge is -2.24. The fraction of sp³-hybridized carbons (Fsp3) is 0.140. The summed E-state index contributed by atoms with van der Waals surface area (Å²) >= 11 is 0. The fourth-order valence-corrected chi connectivity index (χ4v) is 5.94. The van der Waals surface area contributed by atoms with Crippen LogP contribution in [0.5, 0.6) is 17.2 Å². The molecule has 0 aliphatic rings. The molecule has 9 N–H and O–H groups in total. The van der Waals surface area contributed by atoms with Gasteiger partial charge in [0.1, 0.15) is 11.8 Å². The second-order valence-electron chi connectivity index (χ2n) is 13.3. The highest BCUT2D eigenvalue weighted by atomic mass is 16.6. The van der Waals surface area contributed by atoms with Crippen molar-refractivity contribution in [3.05, 3.63) is 141 Å². The second-order valence-corrected chi connectivity index (χ2v) is 13.3. The molecular weight excluding hydrogens is 839 g/mol. The Kier molecular flexibility index (Phi) is 14.9. The molecule has 21 nitrogen and oxygen atoms in total. The molecule has 6 amide bonds. The number of phenols is 1. The third-order valence-electron chi connectivity index (χ3n) is 9.18. The minimum atomic E-state index is -1.66. The van der Waals surface area contributed by atoms with Gasteiger partial charge in [-0.15, -0.1) is 0 Å². The molecule has 5 aromatic carbocycles. The molecule has 0 radical (unpaired) electrons. The number of nitro benzene ring substituents is 1. The van der Waals surface area contributed by atoms with Crippen LogP contribution >= 0.6 is 0 Å². The van der Waals surface area contributed by atoms with Crippen molar-refractivity contribution < 1.29 is 62.9 Å². The Morgan fingerprint density at radius 2 is 1.20 bits per heavy atom. The topological polar surface area (TPSA) is 317 Å². The monoisotopic (exact) mass is 877 g/mol. The van der Waals surface area contributed by atoms with Gasteiger partial charge in [0.15, 0.2) is 17.6 Å². The first-order valence-electron chi connectivity index (χ1n) is 18.8. The van der Waals surface area contributed by atoms with Crippen LogP contribution in [0.25, 0.3) is 0 Å². The van der Waals surface area contributed by atoms with Crippen molar-refractivity contribution >= 4 is 69.8 Å². The molecule has 5 aromatic rings. The number of hydrogen-bond donors (Lipinski definition) is 8. The summed E-state index contributed by atoms with van der Waals surface area (Å²) in [5.41, 5.74) is 5.74. The summed E-state index contributed by atoms with van der Waals surface area (Å²) in [5.74, 6) is -6.84. The van der Waals surface area contributed by atoms with Gasteiger partial charge in [-0.1, -0.05) is 0 Å². The first kappa shape index (κ1) is 46.2. The van der Waals surface area contributed by atoms with Crippen LogP contribution in [0, 0.1) is 10.1 Å². The van der Waals surface area contributed by atoms with Gasteiger partial charge < -0.3 is 56.7 Å². The number of non-ortho nitro benzene ring substituents is 1. The molecule has 2 atom stereocenters. The zero-order valence-corrected chi connectivity index (χ0v) is 34.0. The molecule has 0 aromatic heterocycles. The number of rotatable bonds is 18. The standard InChI is InChI=1S/C43H39N7O14/c1-4-64-35-31(20-18-29(34(35)51)41(56)47-30-19-11-25(43(58)59)21-32(30)62-2)48-39(54)22-5-14-27(15-6-22)46-42(57)33(36(63-3)37(44)52)49-40(55)23-7-12-26(13-8-23)45-38(53)24-9-16-28(17-10-24)50(60)61/h5-21,33,36,51H,4H2,1-3H3,(H2,44,52)(H,45,53)(H,46,57)(H,47,56)(H,48,54)(H,49,55)(H,58,59)/t33-,36+/m0/s1. The fourth-order valence-electron chi connectivity index (χ4n) is 5.94. The SMILES string of the molecule is CCOc1c(NC(=O)c2ccc(NC(=O)[C@@H](NC(=O)c3ccc(NC(=O)c4ccc([N+](=O)[O-])cc4)cc3)[C@@H](OC)C(N)=O)cc2)ccc(C(=O)Nc2ccc(C(=O)O)cc2OC)c1O. The Balaban J connectivity index is 1.24. The van der Waals surface area contributed by atoms with Gasteiger partial charge in [-0.3, -0.25) is 38.9 Å². The van der Waals surface area contributed by atoms with Gasteiger partial charge >= 0.3 is 5.97 Å². The van der Waals surface area contributed by atoms with Gasteiger partial charge in [-0.2, -0.15) is 0 Å². The Bertz CT molecular complexity index is 2620. The van der Waals surface area contributed by atoms with Gasteiger partial charge in [0.05, 0.1) is 41.1 Å². The molecule has 64 heavy (non-hydrogen) atoms. The Hall–Kier alpha value is -8.85. The molecule has 0 aliphatic carbocycles. The summed E-state index contributed by atoms with van der Waals surface area (Å²) in [5, 5.41) is 44.0. The molecule has 21 heteroatoms. The van der Waals surface area contributed by atoms with Crippen LogP contribution in [0.1, 0.15) is 58.7 Å². The molecule has 0 saturated heterocycles. The molecule has 0 fully saturated rings. The van der Waals surface area contributed by atoms with Crippen LogP contribution in [-0.2, 0) is 14.3 Å². The molecule has 0 aliphatic heterocycles. The minimum absolute atomic E-state index is 0.000970. The smallest absolute Gasteiger partial charge is 0.335 e. The number of aromatic hydroxyl groups is 1. The average Bonchev–Trinajstić information content (AvgIpc) is 3.27. The minimum Gasteiger partial charge on any atom is -0.504 e. The molecule has 330 valence electrons. The third-order valence-corrected chi connectivity index (χ3v) is 9.18. The van der Waals surface area contributed by atoms with E-state index in [9.17, 15) is 53.9 Å². The van der Waals surface area contributed by atoms with E-state index < -0.39 is 64.2 Å². The van der Waals surface area contributed by atoms with Crippen LogP contribution in [-0.4, -0.2) is 89.5 Å². The Morgan fingerprint density at radius 3 is 1.73 bits per heavy atom. The third kappa shape index (κ3) is 11.1. The number of carboxylic acids is 1. The number of nitrogens with two attached hydrogens (primary N) is 1. The summed E-state index contributed by atoms with van der Waals surface area (Å²) in [6, 6.07) is 20.5. The number of benzene rings is 5. The van der Waals surface area contributed by atoms with Crippen molar-refractivity contribution in [1.29, 1.82) is 0 Å². The summed E-state index contributed by atoms with van der Waals surface area (Å²) in [6.45, 7) is 1.64. The largest absolute Gasteiger partial charge is 0.504 e. The molecule has 0 heterocycles. The van der Waals surface area contributed by atoms with Crippen molar-refractivity contribution in [2.75, 3.05) is 42.1 Å². The molecule has 0 bridgehead atoms. The van der Waals surface area contributed by atoms with Crippen LogP contribution in [0.15, 0.2) is 103 Å². The highest BCUT2D eigenvalue weighted by Crippen LogP contribution is 2.39. The number of hydrogen-bond acceptors (Lipinski definition) is 13. The van der Waals surface area contributed by atoms with Crippen LogP contribution < -0.4 is 41.8 Å². The Labute approximate surface area is 362 Å². The zero-order chi connectivity index (χ0) is 46.7. The number of nitrogens with zero attached hydrogens (tertiary/aromatic N) is 1. The van der Waals surface area contributed by atoms with E-state index in [2.05, 4.69) is 26.6 Å². The summed E-state index contributed by atoms with van der Waals surface area (Å²) in [6.07, 6.45) is -1.63. The number of phenolic OH excluding ortho intramolecular Hbond substituents is 1. The lowest BCUT2D eigenvalue weighted by atomic mass is 10.1. The number of methoxy groups -OCH3 is 2. The molecule has 5 rings (SSSR count). The van der Waals surface area contributed by atoms with Gasteiger partial charge in [0.25, 0.3) is 29.3 Å². The number of primary amides is 1. The van der Waals surface area contributed by atoms with Crippen molar-refractivity contribution in [3.63, 3.8) is 0 Å². The van der Waals surface area contributed by atoms with Crippen molar-refractivity contribution in [1.82, 2.24) is 5.32 Å². The number of anilines is 4. The number of ether oxygens (including phenoxy) is 3. The molecule has 0 spiro atoms. The maximum absolute atomic E-state index is 13.5. The summed E-state index contributed by atoms with van der Waals surface area (Å²) in [4.78, 5) is 99.9. The quantitative estimate of drug-likeness (QED) is 0.0447.